The van der Waals surface area contributed by atoms with Gasteiger partial charge in [0.1, 0.15) is 6.04 Å². The lowest BCUT2D eigenvalue weighted by Crippen LogP contribution is -2.50. The third-order valence-electron chi connectivity index (χ3n) is 3.18. The molecular formula is C12H23N3O3. The van der Waals surface area contributed by atoms with Crippen LogP contribution in [0.3, 0.4) is 0 Å². The Balaban J connectivity index is 2.61. The second-order valence-corrected chi connectivity index (χ2v) is 5.31. The van der Waals surface area contributed by atoms with E-state index in [0.717, 1.165) is 6.42 Å². The summed E-state index contributed by atoms with van der Waals surface area (Å²) in [5.74, 6) is 0.350. The topological polar surface area (TPSA) is 95.7 Å². The molecule has 2 unspecified atom stereocenters. The maximum atomic E-state index is 12.3. The highest BCUT2D eigenvalue weighted by molar-refractivity contribution is 5.86. The van der Waals surface area contributed by atoms with Crippen molar-refractivity contribution >= 4 is 11.9 Å². The van der Waals surface area contributed by atoms with Crippen LogP contribution in [-0.4, -0.2) is 47.7 Å². The molecule has 1 aliphatic rings. The fourth-order valence-electron chi connectivity index (χ4n) is 2.27. The van der Waals surface area contributed by atoms with Gasteiger partial charge in [0.05, 0.1) is 0 Å². The zero-order valence-corrected chi connectivity index (χ0v) is 11.1. The number of carbonyl (C=O) groups excluding carboxylic acids is 2. The molecule has 0 aliphatic carbocycles. The Morgan fingerprint density at radius 1 is 1.50 bits per heavy atom. The van der Waals surface area contributed by atoms with Crippen LogP contribution < -0.4 is 11.1 Å². The van der Waals surface area contributed by atoms with Crippen LogP contribution in [0.15, 0.2) is 0 Å². The van der Waals surface area contributed by atoms with Gasteiger partial charge in [-0.05, 0) is 18.8 Å². The number of aliphatic hydroxyl groups excluding tert-OH is 1. The van der Waals surface area contributed by atoms with Crippen molar-refractivity contribution in [3.63, 3.8) is 0 Å². The van der Waals surface area contributed by atoms with Crippen LogP contribution in [0.5, 0.6) is 0 Å². The molecule has 6 nitrogen and oxygen atoms in total. The van der Waals surface area contributed by atoms with E-state index in [1.54, 1.807) is 4.90 Å². The van der Waals surface area contributed by atoms with Crippen molar-refractivity contribution in [1.29, 1.82) is 0 Å². The minimum atomic E-state index is -0.674. The van der Waals surface area contributed by atoms with Crippen LogP contribution in [0, 0.1) is 11.8 Å². The summed E-state index contributed by atoms with van der Waals surface area (Å²) in [7, 11) is 0. The van der Waals surface area contributed by atoms with E-state index in [4.69, 9.17) is 10.8 Å². The second kappa shape index (κ2) is 6.58. The number of likely N-dealkylation sites (tertiary alicyclic amines) is 1. The molecule has 0 saturated carbocycles. The van der Waals surface area contributed by atoms with E-state index in [-0.39, 0.29) is 18.4 Å². The van der Waals surface area contributed by atoms with Gasteiger partial charge in [-0.25, -0.2) is 4.79 Å². The first-order valence-corrected chi connectivity index (χ1v) is 6.39. The zero-order chi connectivity index (χ0) is 13.7. The number of nitrogens with two attached hydrogens (primary N) is 1. The Labute approximate surface area is 108 Å². The molecule has 2 atom stereocenters. The molecule has 6 heteroatoms. The van der Waals surface area contributed by atoms with Crippen molar-refractivity contribution in [2.24, 2.45) is 17.6 Å². The van der Waals surface area contributed by atoms with Gasteiger partial charge in [0.2, 0.25) is 5.91 Å². The molecule has 0 aromatic rings. The molecule has 3 amide bonds. The predicted octanol–water partition coefficient (Wildman–Crippen LogP) is -0.0898. The minimum absolute atomic E-state index is 0.0987. The molecule has 1 saturated heterocycles. The van der Waals surface area contributed by atoms with E-state index in [1.165, 1.54) is 0 Å². The maximum Gasteiger partial charge on any atom is 0.312 e. The van der Waals surface area contributed by atoms with Crippen LogP contribution in [0.25, 0.3) is 0 Å². The number of aliphatic hydroxyl groups is 1. The summed E-state index contributed by atoms with van der Waals surface area (Å²) >= 11 is 0. The number of nitrogens with zero attached hydrogens (tertiary/aromatic N) is 1. The largest absolute Gasteiger partial charge is 0.396 e. The first-order chi connectivity index (χ1) is 8.43. The summed E-state index contributed by atoms with van der Waals surface area (Å²) < 4.78 is 0. The number of carbonyl (C=O) groups is 2. The Hall–Kier alpha value is -1.30. The molecule has 4 N–H and O–H groups in total. The predicted molar refractivity (Wildman–Crippen MR) is 67.7 cm³/mol. The first kappa shape index (κ1) is 14.8. The van der Waals surface area contributed by atoms with E-state index in [2.05, 4.69) is 5.32 Å². The van der Waals surface area contributed by atoms with Gasteiger partial charge < -0.3 is 21.1 Å². The third-order valence-corrected chi connectivity index (χ3v) is 3.18. The number of hydrogen-bond donors (Lipinski definition) is 3. The molecule has 0 radical (unpaired) electrons. The van der Waals surface area contributed by atoms with Crippen LogP contribution in [-0.2, 0) is 4.79 Å². The average Bonchev–Trinajstić information content (AvgIpc) is 2.74. The van der Waals surface area contributed by atoms with E-state index < -0.39 is 12.1 Å². The molecule has 104 valence electrons. The number of amides is 3. The third kappa shape index (κ3) is 4.18. The summed E-state index contributed by atoms with van der Waals surface area (Å²) in [6.07, 6.45) is 1.38. The van der Waals surface area contributed by atoms with Gasteiger partial charge in [-0.3, -0.25) is 4.79 Å². The van der Waals surface area contributed by atoms with E-state index in [0.29, 0.717) is 25.4 Å². The summed E-state index contributed by atoms with van der Waals surface area (Å²) in [6.45, 7) is 5.28. The highest BCUT2D eigenvalue weighted by Crippen LogP contribution is 2.18. The Morgan fingerprint density at radius 2 is 2.17 bits per heavy atom. The Bertz CT molecular complexity index is 307. The van der Waals surface area contributed by atoms with Crippen molar-refractivity contribution in [1.82, 2.24) is 10.2 Å². The second-order valence-electron chi connectivity index (χ2n) is 5.31. The molecule has 1 aliphatic heterocycles. The van der Waals surface area contributed by atoms with E-state index in [1.807, 2.05) is 13.8 Å². The Morgan fingerprint density at radius 3 is 2.61 bits per heavy atom. The molecular weight excluding hydrogens is 234 g/mol. The summed E-state index contributed by atoms with van der Waals surface area (Å²) in [6, 6.07) is -1.23. The van der Waals surface area contributed by atoms with Crippen LogP contribution in [0.2, 0.25) is 0 Å². The van der Waals surface area contributed by atoms with Crippen molar-refractivity contribution in [2.45, 2.75) is 32.7 Å². The smallest absolute Gasteiger partial charge is 0.312 e. The van der Waals surface area contributed by atoms with Crippen LogP contribution in [0.1, 0.15) is 26.7 Å². The maximum absolute atomic E-state index is 12.3. The number of primary amides is 1. The number of urea groups is 1. The number of rotatable bonds is 5. The van der Waals surface area contributed by atoms with Crippen molar-refractivity contribution in [3.05, 3.63) is 0 Å². The SMILES string of the molecule is CC(C)CC(NC(N)=O)C(=O)N1CCC(CO)C1. The van der Waals surface area contributed by atoms with Gasteiger partial charge in [0.25, 0.3) is 0 Å². The lowest BCUT2D eigenvalue weighted by atomic mass is 10.0. The fraction of sp³-hybridized carbons (Fsp3) is 0.833. The van der Waals surface area contributed by atoms with Gasteiger partial charge in [-0.15, -0.1) is 0 Å². The normalized spacial score (nSPS) is 21.1. The van der Waals surface area contributed by atoms with Crippen LogP contribution >= 0.6 is 0 Å². The quantitative estimate of drug-likeness (QED) is 0.642. The van der Waals surface area contributed by atoms with Gasteiger partial charge >= 0.3 is 6.03 Å². The molecule has 1 fully saturated rings. The molecule has 1 heterocycles. The molecule has 18 heavy (non-hydrogen) atoms. The lowest BCUT2D eigenvalue weighted by molar-refractivity contribution is -0.132. The summed E-state index contributed by atoms with van der Waals surface area (Å²) in [5.41, 5.74) is 5.10. The van der Waals surface area contributed by atoms with E-state index >= 15 is 0 Å². The van der Waals surface area contributed by atoms with Gasteiger partial charge in [-0.1, -0.05) is 13.8 Å². The van der Waals surface area contributed by atoms with Gasteiger partial charge in [0.15, 0.2) is 0 Å². The highest BCUT2D eigenvalue weighted by atomic mass is 16.3. The zero-order valence-electron chi connectivity index (χ0n) is 11.1. The first-order valence-electron chi connectivity index (χ1n) is 6.39. The molecule has 0 aromatic carbocycles. The average molecular weight is 257 g/mol. The fourth-order valence-corrected chi connectivity index (χ4v) is 2.27. The van der Waals surface area contributed by atoms with Gasteiger partial charge in [0, 0.05) is 25.6 Å². The van der Waals surface area contributed by atoms with Crippen molar-refractivity contribution < 1.29 is 14.7 Å². The number of nitrogens with one attached hydrogen (secondary N) is 1. The number of hydrogen-bond acceptors (Lipinski definition) is 3. The van der Waals surface area contributed by atoms with E-state index in [9.17, 15) is 9.59 Å². The Kier molecular flexibility index (Phi) is 5.40. The van der Waals surface area contributed by atoms with Crippen molar-refractivity contribution in [3.8, 4) is 0 Å². The molecule has 0 aromatic heterocycles. The standard InChI is InChI=1S/C12H23N3O3/c1-8(2)5-10(14-12(13)18)11(17)15-4-3-9(6-15)7-16/h8-10,16H,3-7H2,1-2H3,(H3,13,14,18). The highest BCUT2D eigenvalue weighted by Gasteiger charge is 2.31. The molecule has 0 bridgehead atoms. The summed E-state index contributed by atoms with van der Waals surface area (Å²) in [5, 5.41) is 11.6. The lowest BCUT2D eigenvalue weighted by Gasteiger charge is -2.25. The minimum Gasteiger partial charge on any atom is -0.396 e. The monoisotopic (exact) mass is 257 g/mol. The summed E-state index contributed by atoms with van der Waals surface area (Å²) in [4.78, 5) is 24.9. The molecule has 1 rings (SSSR count). The molecule has 0 spiro atoms. The van der Waals surface area contributed by atoms with Crippen LogP contribution in [0.4, 0.5) is 4.79 Å². The van der Waals surface area contributed by atoms with Crippen molar-refractivity contribution in [2.75, 3.05) is 19.7 Å². The van der Waals surface area contributed by atoms with Gasteiger partial charge in [-0.2, -0.15) is 0 Å².